The summed E-state index contributed by atoms with van der Waals surface area (Å²) in [5, 5.41) is 2.89. The average Bonchev–Trinajstić information content (AvgIpc) is 2.85. The van der Waals surface area contributed by atoms with E-state index < -0.39 is 5.54 Å². The van der Waals surface area contributed by atoms with E-state index in [1.165, 1.54) is 12.1 Å². The van der Waals surface area contributed by atoms with Crippen molar-refractivity contribution in [2.24, 2.45) is 0 Å². The van der Waals surface area contributed by atoms with Crippen LogP contribution in [0.25, 0.3) is 0 Å². The molecule has 5 nitrogen and oxygen atoms in total. The van der Waals surface area contributed by atoms with E-state index >= 15 is 0 Å². The third kappa shape index (κ3) is 5.68. The fraction of sp³-hybridized carbons (Fsp3) is 0.321. The van der Waals surface area contributed by atoms with Crippen LogP contribution in [0.15, 0.2) is 72.8 Å². The fourth-order valence-electron chi connectivity index (χ4n) is 4.43. The average molecular weight is 460 g/mol. The van der Waals surface area contributed by atoms with Crippen molar-refractivity contribution in [3.05, 3.63) is 101 Å². The summed E-state index contributed by atoms with van der Waals surface area (Å²) in [6.45, 7) is 4.73. The molecule has 0 radical (unpaired) electrons. The maximum atomic E-state index is 13.4. The highest BCUT2D eigenvalue weighted by Gasteiger charge is 2.36. The first kappa shape index (κ1) is 23.6. The van der Waals surface area contributed by atoms with Gasteiger partial charge < -0.3 is 10.2 Å². The molecule has 2 amide bonds. The number of piperidine rings is 1. The van der Waals surface area contributed by atoms with Gasteiger partial charge in [-0.15, -0.1) is 0 Å². The van der Waals surface area contributed by atoms with Gasteiger partial charge in [-0.2, -0.15) is 0 Å². The number of carbonyl (C=O) groups is 2. The molecule has 4 rings (SSSR count). The molecule has 1 N–H and O–H groups in total. The zero-order chi connectivity index (χ0) is 24.1. The molecule has 0 bridgehead atoms. The molecule has 2 aromatic carbocycles. The van der Waals surface area contributed by atoms with Crippen molar-refractivity contribution in [2.45, 2.75) is 44.6 Å². The van der Waals surface area contributed by atoms with Gasteiger partial charge in [-0.05, 0) is 68.7 Å². The molecule has 2 heterocycles. The van der Waals surface area contributed by atoms with Gasteiger partial charge in [-0.1, -0.05) is 36.4 Å². The number of hydrogen-bond donors (Lipinski definition) is 1. The summed E-state index contributed by atoms with van der Waals surface area (Å²) in [5.41, 5.74) is 2.39. The molecule has 1 fully saturated rings. The van der Waals surface area contributed by atoms with Gasteiger partial charge in [0, 0.05) is 42.4 Å². The number of aromatic nitrogens is 1. The summed E-state index contributed by atoms with van der Waals surface area (Å²) < 4.78 is 13.2. The summed E-state index contributed by atoms with van der Waals surface area (Å²) in [5.74, 6) is -0.474. The highest BCUT2D eigenvalue weighted by atomic mass is 19.1. The highest BCUT2D eigenvalue weighted by Crippen LogP contribution is 2.27. The number of rotatable bonds is 6. The van der Waals surface area contributed by atoms with Gasteiger partial charge in [0.1, 0.15) is 11.4 Å². The molecule has 1 aromatic heterocycles. The van der Waals surface area contributed by atoms with Crippen molar-refractivity contribution >= 4 is 11.8 Å². The smallest absolute Gasteiger partial charge is 0.252 e. The molecule has 1 aliphatic rings. The number of nitrogens with zero attached hydrogens (tertiary/aromatic N) is 2. The van der Waals surface area contributed by atoms with Crippen LogP contribution in [0.2, 0.25) is 0 Å². The molecular weight excluding hydrogens is 429 g/mol. The van der Waals surface area contributed by atoms with Crippen LogP contribution in [0.3, 0.4) is 0 Å². The largest absolute Gasteiger partial charge is 0.340 e. The lowest BCUT2D eigenvalue weighted by Crippen LogP contribution is -2.57. The van der Waals surface area contributed by atoms with Crippen LogP contribution in [0.5, 0.6) is 0 Å². The van der Waals surface area contributed by atoms with Crippen LogP contribution >= 0.6 is 0 Å². The summed E-state index contributed by atoms with van der Waals surface area (Å²) in [7, 11) is 0. The number of pyridine rings is 1. The number of nitrogens with one attached hydrogen (secondary N) is 1. The Morgan fingerprint density at radius 2 is 1.76 bits per heavy atom. The first-order chi connectivity index (χ1) is 16.3. The van der Waals surface area contributed by atoms with Crippen molar-refractivity contribution < 1.29 is 14.0 Å². The molecule has 1 atom stereocenters. The van der Waals surface area contributed by atoms with E-state index in [4.69, 9.17) is 4.98 Å². The van der Waals surface area contributed by atoms with Gasteiger partial charge in [0.2, 0.25) is 5.91 Å². The molecule has 34 heavy (non-hydrogen) atoms. The Morgan fingerprint density at radius 3 is 2.50 bits per heavy atom. The van der Waals surface area contributed by atoms with Gasteiger partial charge in [0.25, 0.3) is 5.91 Å². The molecule has 0 saturated carbocycles. The van der Waals surface area contributed by atoms with E-state index in [1.807, 2.05) is 29.2 Å². The van der Waals surface area contributed by atoms with Crippen molar-refractivity contribution in [3.63, 3.8) is 0 Å². The molecule has 0 spiro atoms. The molecular formula is C28H30FN3O2. The van der Waals surface area contributed by atoms with Crippen molar-refractivity contribution in [2.75, 3.05) is 13.1 Å². The lowest BCUT2D eigenvalue weighted by atomic mass is 9.92. The van der Waals surface area contributed by atoms with E-state index in [9.17, 15) is 14.0 Å². The van der Waals surface area contributed by atoms with Gasteiger partial charge in [-0.25, -0.2) is 4.39 Å². The molecule has 176 valence electrons. The number of carbonyl (C=O) groups excluding carboxylic acids is 2. The topological polar surface area (TPSA) is 62.3 Å². The van der Waals surface area contributed by atoms with Crippen LogP contribution in [0, 0.1) is 5.82 Å². The first-order valence-electron chi connectivity index (χ1n) is 11.7. The Bertz CT molecular complexity index is 1150. The van der Waals surface area contributed by atoms with Crippen molar-refractivity contribution in [1.82, 2.24) is 15.2 Å². The first-order valence-corrected chi connectivity index (χ1v) is 11.7. The fourth-order valence-corrected chi connectivity index (χ4v) is 4.43. The molecule has 0 aliphatic carbocycles. The number of halogens is 1. The lowest BCUT2D eigenvalue weighted by Gasteiger charge is -2.37. The van der Waals surface area contributed by atoms with Crippen LogP contribution in [-0.4, -0.2) is 40.3 Å². The van der Waals surface area contributed by atoms with E-state index in [0.717, 1.165) is 29.8 Å². The Hall–Kier alpha value is -3.54. The van der Waals surface area contributed by atoms with E-state index in [-0.39, 0.29) is 23.5 Å². The second-order valence-corrected chi connectivity index (χ2v) is 9.39. The lowest BCUT2D eigenvalue weighted by molar-refractivity contribution is -0.138. The standard InChI is InChI=1S/C28H30FN3O2/c1-28(2,31-26(33)21-8-4-3-5-9-21)27(34)32-17-7-10-22(19-32)25-12-6-11-24(30-25)18-20-13-15-23(29)16-14-20/h3-6,8-9,11-16,22H,7,10,17-19H2,1-2H3,(H,31,33). The molecule has 1 unspecified atom stereocenters. The predicted octanol–water partition coefficient (Wildman–Crippen LogP) is 4.73. The second kappa shape index (κ2) is 10.2. The second-order valence-electron chi connectivity index (χ2n) is 9.39. The highest BCUT2D eigenvalue weighted by molar-refractivity contribution is 5.98. The predicted molar refractivity (Wildman–Crippen MR) is 130 cm³/mol. The number of benzene rings is 2. The maximum Gasteiger partial charge on any atom is 0.252 e. The minimum absolute atomic E-state index is 0.0936. The minimum atomic E-state index is -1.02. The summed E-state index contributed by atoms with van der Waals surface area (Å²) in [6.07, 6.45) is 2.46. The van der Waals surface area contributed by atoms with Gasteiger partial charge in [0.05, 0.1) is 0 Å². The van der Waals surface area contributed by atoms with Crippen LogP contribution < -0.4 is 5.32 Å². The number of hydrogen-bond acceptors (Lipinski definition) is 3. The third-order valence-electron chi connectivity index (χ3n) is 6.25. The molecule has 6 heteroatoms. The number of amides is 2. The van der Waals surface area contributed by atoms with Gasteiger partial charge >= 0.3 is 0 Å². The molecule has 3 aromatic rings. The van der Waals surface area contributed by atoms with E-state index in [2.05, 4.69) is 5.32 Å². The maximum absolute atomic E-state index is 13.4. The zero-order valence-electron chi connectivity index (χ0n) is 19.6. The van der Waals surface area contributed by atoms with Gasteiger partial charge in [0.15, 0.2) is 0 Å². The normalized spacial score (nSPS) is 16.2. The Kier molecular flexibility index (Phi) is 7.06. The van der Waals surface area contributed by atoms with Gasteiger partial charge in [-0.3, -0.25) is 14.6 Å². The summed E-state index contributed by atoms with van der Waals surface area (Å²) in [4.78, 5) is 32.7. The summed E-state index contributed by atoms with van der Waals surface area (Å²) in [6, 6.07) is 21.4. The van der Waals surface area contributed by atoms with E-state index in [0.29, 0.717) is 25.1 Å². The Morgan fingerprint density at radius 1 is 1.03 bits per heavy atom. The van der Waals surface area contributed by atoms with Crippen LogP contribution in [-0.2, 0) is 11.2 Å². The Balaban J connectivity index is 1.43. The summed E-state index contributed by atoms with van der Waals surface area (Å²) >= 11 is 0. The monoisotopic (exact) mass is 459 g/mol. The van der Waals surface area contributed by atoms with Crippen molar-refractivity contribution in [3.8, 4) is 0 Å². The van der Waals surface area contributed by atoms with E-state index in [1.54, 1.807) is 50.2 Å². The zero-order valence-corrected chi connectivity index (χ0v) is 19.6. The van der Waals surface area contributed by atoms with Crippen LogP contribution in [0.1, 0.15) is 59.9 Å². The molecule has 1 saturated heterocycles. The quantitative estimate of drug-likeness (QED) is 0.580. The minimum Gasteiger partial charge on any atom is -0.340 e. The Labute approximate surface area is 200 Å². The van der Waals surface area contributed by atoms with Crippen molar-refractivity contribution in [1.29, 1.82) is 0 Å². The van der Waals surface area contributed by atoms with Crippen LogP contribution in [0.4, 0.5) is 4.39 Å². The molecule has 1 aliphatic heterocycles. The SMILES string of the molecule is CC(C)(NC(=O)c1ccccc1)C(=O)N1CCCC(c2cccc(Cc3ccc(F)cc3)n2)C1. The number of likely N-dealkylation sites (tertiary alicyclic amines) is 1. The third-order valence-corrected chi connectivity index (χ3v) is 6.25.